The van der Waals surface area contributed by atoms with Crippen molar-refractivity contribution in [1.29, 1.82) is 5.26 Å². The van der Waals surface area contributed by atoms with Crippen LogP contribution in [0.1, 0.15) is 53.4 Å². The van der Waals surface area contributed by atoms with Gasteiger partial charge in [0.25, 0.3) is 0 Å². The monoisotopic (exact) mass is 337 g/mol. The lowest BCUT2D eigenvalue weighted by Crippen LogP contribution is -2.46. The third-order valence-corrected chi connectivity index (χ3v) is 5.13. The van der Waals surface area contributed by atoms with Gasteiger partial charge in [0.2, 0.25) is 0 Å². The van der Waals surface area contributed by atoms with E-state index in [1.54, 1.807) is 20.8 Å². The average molecular weight is 337 g/mol. The molecule has 1 aliphatic carbocycles. The molecule has 0 aromatic rings. The lowest BCUT2D eigenvalue weighted by Gasteiger charge is -2.36. The largest absolute Gasteiger partial charge is 0.456 e. The summed E-state index contributed by atoms with van der Waals surface area (Å²) in [5.41, 5.74) is -2.80. The van der Waals surface area contributed by atoms with Crippen LogP contribution in [0.5, 0.6) is 0 Å². The van der Waals surface area contributed by atoms with E-state index in [0.717, 1.165) is 0 Å². The Balaban J connectivity index is 1.93. The fourth-order valence-corrected chi connectivity index (χ4v) is 3.05. The van der Waals surface area contributed by atoms with Crippen LogP contribution in [0.15, 0.2) is 0 Å². The van der Waals surface area contributed by atoms with Crippen molar-refractivity contribution in [3.05, 3.63) is 0 Å². The quantitative estimate of drug-likeness (QED) is 0.557. The summed E-state index contributed by atoms with van der Waals surface area (Å²) >= 11 is 0. The molecule has 2 fully saturated rings. The van der Waals surface area contributed by atoms with Gasteiger partial charge in [-0.3, -0.25) is 9.59 Å². The zero-order valence-corrected chi connectivity index (χ0v) is 14.5. The Labute approximate surface area is 141 Å². The van der Waals surface area contributed by atoms with Crippen molar-refractivity contribution >= 4 is 17.9 Å². The van der Waals surface area contributed by atoms with E-state index in [4.69, 9.17) is 14.2 Å². The maximum absolute atomic E-state index is 12.0. The Kier molecular flexibility index (Phi) is 4.62. The number of nitriles is 1. The molecule has 0 radical (unpaired) electrons. The number of ether oxygens (including phenoxy) is 3. The second-order valence-electron chi connectivity index (χ2n) is 7.40. The van der Waals surface area contributed by atoms with Gasteiger partial charge in [-0.1, -0.05) is 6.92 Å². The highest BCUT2D eigenvalue weighted by Crippen LogP contribution is 2.51. The van der Waals surface area contributed by atoms with Crippen molar-refractivity contribution in [3.63, 3.8) is 0 Å². The number of fused-ring (bicyclic) bond motifs is 2. The maximum atomic E-state index is 12.0. The summed E-state index contributed by atoms with van der Waals surface area (Å²) in [4.78, 5) is 35.8. The van der Waals surface area contributed by atoms with E-state index in [1.165, 1.54) is 0 Å². The molecule has 0 N–H and O–H groups in total. The topological polar surface area (TPSA) is 103 Å². The molecule has 3 atom stereocenters. The van der Waals surface area contributed by atoms with Crippen LogP contribution in [0.3, 0.4) is 0 Å². The molecule has 2 aliphatic rings. The van der Waals surface area contributed by atoms with Gasteiger partial charge < -0.3 is 14.2 Å². The molecule has 1 saturated heterocycles. The molecule has 7 nitrogen and oxygen atoms in total. The molecule has 0 aromatic heterocycles. The first kappa shape index (κ1) is 18.2. The van der Waals surface area contributed by atoms with E-state index in [-0.39, 0.29) is 6.42 Å². The van der Waals surface area contributed by atoms with Gasteiger partial charge in [0.15, 0.2) is 12.0 Å². The van der Waals surface area contributed by atoms with Gasteiger partial charge >= 0.3 is 17.9 Å². The van der Waals surface area contributed by atoms with Crippen molar-refractivity contribution in [3.8, 4) is 6.07 Å². The summed E-state index contributed by atoms with van der Waals surface area (Å²) in [6, 6.07) is 2.04. The number of rotatable bonds is 5. The van der Waals surface area contributed by atoms with Crippen LogP contribution in [-0.4, -0.2) is 36.2 Å². The standard InChI is InChI=1S/C17H23NO6/c1-5-15(2,3)13(20)22-8-12(19)23-11-6-7-17(10-18)9-16(11,4)24-14(17)21/h11H,5-9H2,1-4H3. The van der Waals surface area contributed by atoms with Crippen LogP contribution >= 0.6 is 0 Å². The minimum absolute atomic E-state index is 0.204. The highest BCUT2D eigenvalue weighted by Gasteiger charge is 2.63. The highest BCUT2D eigenvalue weighted by atomic mass is 16.6. The molecule has 132 valence electrons. The SMILES string of the molecule is CCC(C)(C)C(=O)OCC(=O)OC1CCC2(C#N)CC1(C)OC2=O. The molecular weight excluding hydrogens is 314 g/mol. The molecule has 0 aromatic carbocycles. The van der Waals surface area contributed by atoms with Crippen molar-refractivity contribution in [2.75, 3.05) is 6.61 Å². The molecular formula is C17H23NO6. The van der Waals surface area contributed by atoms with Gasteiger partial charge in [-0.2, -0.15) is 5.26 Å². The summed E-state index contributed by atoms with van der Waals surface area (Å²) in [6.07, 6.45) is 0.800. The predicted molar refractivity (Wildman–Crippen MR) is 81.3 cm³/mol. The molecule has 24 heavy (non-hydrogen) atoms. The molecule has 1 aliphatic heterocycles. The van der Waals surface area contributed by atoms with Crippen LogP contribution in [0, 0.1) is 22.2 Å². The fraction of sp³-hybridized carbons (Fsp3) is 0.765. The highest BCUT2D eigenvalue weighted by molar-refractivity contribution is 5.84. The zero-order valence-electron chi connectivity index (χ0n) is 14.5. The predicted octanol–water partition coefficient (Wildman–Crippen LogP) is 1.89. The first-order valence-electron chi connectivity index (χ1n) is 8.10. The second-order valence-corrected chi connectivity index (χ2v) is 7.40. The summed E-state index contributed by atoms with van der Waals surface area (Å²) < 4.78 is 15.7. The average Bonchev–Trinajstić information content (AvgIpc) is 2.75. The van der Waals surface area contributed by atoms with Gasteiger partial charge in [-0.15, -0.1) is 0 Å². The van der Waals surface area contributed by atoms with E-state index >= 15 is 0 Å². The summed E-state index contributed by atoms with van der Waals surface area (Å²) in [5, 5.41) is 9.25. The Morgan fingerprint density at radius 2 is 2.12 bits per heavy atom. The molecule has 7 heteroatoms. The molecule has 1 heterocycles. The zero-order chi connectivity index (χ0) is 18.2. The number of hydrogen-bond acceptors (Lipinski definition) is 7. The fourth-order valence-electron chi connectivity index (χ4n) is 3.05. The Morgan fingerprint density at radius 1 is 1.46 bits per heavy atom. The third-order valence-electron chi connectivity index (χ3n) is 5.13. The summed E-state index contributed by atoms with van der Waals surface area (Å²) in [5.74, 6) is -1.70. The maximum Gasteiger partial charge on any atom is 0.344 e. The van der Waals surface area contributed by atoms with Crippen LogP contribution in [0.4, 0.5) is 0 Å². The van der Waals surface area contributed by atoms with E-state index in [9.17, 15) is 19.6 Å². The number of hydrogen-bond donors (Lipinski definition) is 0. The van der Waals surface area contributed by atoms with Gasteiger partial charge in [0.05, 0.1) is 11.5 Å². The number of carbonyl (C=O) groups excluding carboxylic acids is 3. The molecule has 2 bridgehead atoms. The minimum atomic E-state index is -1.13. The normalized spacial score (nSPS) is 31.8. The van der Waals surface area contributed by atoms with Crippen molar-refractivity contribution in [2.24, 2.45) is 10.8 Å². The van der Waals surface area contributed by atoms with Crippen molar-refractivity contribution in [1.82, 2.24) is 0 Å². The van der Waals surface area contributed by atoms with E-state index in [2.05, 4.69) is 0 Å². The van der Waals surface area contributed by atoms with Crippen LogP contribution < -0.4 is 0 Å². The van der Waals surface area contributed by atoms with Gasteiger partial charge in [0.1, 0.15) is 11.7 Å². The molecule has 1 saturated carbocycles. The van der Waals surface area contributed by atoms with Gasteiger partial charge in [0, 0.05) is 6.42 Å². The van der Waals surface area contributed by atoms with Gasteiger partial charge in [-0.25, -0.2) is 4.79 Å². The van der Waals surface area contributed by atoms with E-state index in [1.807, 2.05) is 13.0 Å². The lowest BCUT2D eigenvalue weighted by atomic mass is 9.70. The van der Waals surface area contributed by atoms with Crippen LogP contribution in [0.25, 0.3) is 0 Å². The number of nitrogens with zero attached hydrogens (tertiary/aromatic N) is 1. The van der Waals surface area contributed by atoms with Crippen molar-refractivity contribution < 1.29 is 28.6 Å². The van der Waals surface area contributed by atoms with E-state index in [0.29, 0.717) is 19.3 Å². The Morgan fingerprint density at radius 3 is 2.71 bits per heavy atom. The molecule has 3 unspecified atom stereocenters. The van der Waals surface area contributed by atoms with Crippen molar-refractivity contribution in [2.45, 2.75) is 65.1 Å². The van der Waals surface area contributed by atoms with Gasteiger partial charge in [-0.05, 0) is 40.0 Å². The van der Waals surface area contributed by atoms with Crippen LogP contribution in [0.2, 0.25) is 0 Å². The van der Waals surface area contributed by atoms with Crippen LogP contribution in [-0.2, 0) is 28.6 Å². The minimum Gasteiger partial charge on any atom is -0.456 e. The molecule has 0 spiro atoms. The first-order chi connectivity index (χ1) is 11.1. The smallest absolute Gasteiger partial charge is 0.344 e. The second kappa shape index (κ2) is 6.08. The Hall–Kier alpha value is -2.10. The lowest BCUT2D eigenvalue weighted by molar-refractivity contribution is -0.180. The number of esters is 3. The summed E-state index contributed by atoms with van der Waals surface area (Å²) in [6.45, 7) is 6.52. The Bertz CT molecular complexity index is 607. The molecule has 2 rings (SSSR count). The number of carbonyl (C=O) groups is 3. The van der Waals surface area contributed by atoms with E-state index < -0.39 is 47.0 Å². The summed E-state index contributed by atoms with van der Waals surface area (Å²) in [7, 11) is 0. The first-order valence-corrected chi connectivity index (χ1v) is 8.10. The third kappa shape index (κ3) is 3.10. The molecule has 0 amide bonds.